The number of aliphatic hydroxyl groups excluding tert-OH is 1. The number of nitrogens with one attached hydrogen (secondary N) is 1. The number of ether oxygens (including phenoxy) is 2. The highest BCUT2D eigenvalue weighted by Crippen LogP contribution is 2.42. The van der Waals surface area contributed by atoms with Crippen LogP contribution in [0.2, 0.25) is 0 Å². The summed E-state index contributed by atoms with van der Waals surface area (Å²) in [5.41, 5.74) is 0.359. The number of aliphatic hydroxyl groups is 1. The average molecular weight is 440 g/mol. The zero-order valence-corrected chi connectivity index (χ0v) is 17.6. The largest absolute Gasteiger partial charge is 0.453 e. The Balaban J connectivity index is 1.73. The third-order valence-electron chi connectivity index (χ3n) is 5.35. The van der Waals surface area contributed by atoms with Gasteiger partial charge in [0.25, 0.3) is 5.92 Å². The van der Waals surface area contributed by atoms with Gasteiger partial charge in [0.15, 0.2) is 11.5 Å². The normalized spacial score (nSPS) is 15.8. The fraction of sp³-hybridized carbons (Fsp3) is 0.280. The molecule has 0 bridgehead atoms. The molecule has 3 aromatic rings. The molecule has 32 heavy (non-hydrogen) atoms. The molecule has 1 atom stereocenters. The number of piperazine rings is 1. The van der Waals surface area contributed by atoms with Crippen molar-refractivity contribution in [1.29, 1.82) is 0 Å². The lowest BCUT2D eigenvalue weighted by atomic mass is 9.97. The van der Waals surface area contributed by atoms with Crippen LogP contribution in [0.25, 0.3) is 0 Å². The summed E-state index contributed by atoms with van der Waals surface area (Å²) in [6.45, 7) is 0.898. The van der Waals surface area contributed by atoms with Gasteiger partial charge in [-0.1, -0.05) is 42.5 Å². The van der Waals surface area contributed by atoms with E-state index in [1.807, 2.05) is 48.5 Å². The van der Waals surface area contributed by atoms with E-state index in [4.69, 9.17) is 9.47 Å². The lowest BCUT2D eigenvalue weighted by Gasteiger charge is -2.38. The molecule has 0 spiro atoms. The Morgan fingerprint density at radius 3 is 1.97 bits per heavy atom. The summed E-state index contributed by atoms with van der Waals surface area (Å²) in [6, 6.07) is 21.9. The summed E-state index contributed by atoms with van der Waals surface area (Å²) in [7, 11) is 0. The first-order chi connectivity index (χ1) is 15.6. The lowest BCUT2D eigenvalue weighted by molar-refractivity contribution is -0.118. The van der Waals surface area contributed by atoms with Crippen molar-refractivity contribution in [2.24, 2.45) is 0 Å². The summed E-state index contributed by atoms with van der Waals surface area (Å²) >= 11 is 0. The van der Waals surface area contributed by atoms with Crippen LogP contribution in [0.3, 0.4) is 0 Å². The van der Waals surface area contributed by atoms with E-state index in [9.17, 15) is 13.9 Å². The van der Waals surface area contributed by atoms with Gasteiger partial charge in [-0.15, -0.1) is 0 Å². The second kappa shape index (κ2) is 10.1. The zero-order chi connectivity index (χ0) is 22.4. The van der Waals surface area contributed by atoms with E-state index in [1.54, 1.807) is 35.2 Å². The van der Waals surface area contributed by atoms with Gasteiger partial charge in [-0.05, 0) is 42.0 Å². The van der Waals surface area contributed by atoms with E-state index in [0.717, 1.165) is 0 Å². The summed E-state index contributed by atoms with van der Waals surface area (Å²) < 4.78 is 41.9. The summed E-state index contributed by atoms with van der Waals surface area (Å²) in [6.07, 6.45) is 0. The summed E-state index contributed by atoms with van der Waals surface area (Å²) in [5, 5.41) is 12.6. The molecule has 168 valence electrons. The van der Waals surface area contributed by atoms with Crippen LogP contribution in [0.4, 0.5) is 8.78 Å². The third-order valence-corrected chi connectivity index (χ3v) is 5.35. The predicted octanol–water partition coefficient (Wildman–Crippen LogP) is 4.85. The fourth-order valence-electron chi connectivity index (χ4n) is 3.84. The van der Waals surface area contributed by atoms with Crippen LogP contribution in [0.5, 0.6) is 23.0 Å². The van der Waals surface area contributed by atoms with Crippen LogP contribution in [-0.2, 0) is 0 Å². The molecule has 0 aliphatic carbocycles. The van der Waals surface area contributed by atoms with E-state index >= 15 is 0 Å². The summed E-state index contributed by atoms with van der Waals surface area (Å²) in [4.78, 5) is 1.70. The number of nitrogens with zero attached hydrogens (tertiary/aromatic N) is 1. The Bertz CT molecular complexity index is 997. The van der Waals surface area contributed by atoms with Gasteiger partial charge >= 0.3 is 0 Å². The number of rotatable bonds is 8. The Hall–Kier alpha value is -3.00. The van der Waals surface area contributed by atoms with Crippen LogP contribution >= 0.6 is 0 Å². The molecule has 0 unspecified atom stereocenters. The Morgan fingerprint density at radius 2 is 1.41 bits per heavy atom. The van der Waals surface area contributed by atoms with E-state index < -0.39 is 18.6 Å². The minimum atomic E-state index is -3.32. The molecule has 1 saturated heterocycles. The molecule has 1 fully saturated rings. The van der Waals surface area contributed by atoms with E-state index in [2.05, 4.69) is 5.32 Å². The number of halogens is 2. The van der Waals surface area contributed by atoms with Gasteiger partial charge in [0.2, 0.25) is 0 Å². The molecule has 0 aromatic heterocycles. The molecule has 5 nitrogen and oxygen atoms in total. The molecule has 0 saturated carbocycles. The van der Waals surface area contributed by atoms with Crippen molar-refractivity contribution in [1.82, 2.24) is 10.2 Å². The molecule has 1 heterocycles. The third kappa shape index (κ3) is 5.24. The van der Waals surface area contributed by atoms with Gasteiger partial charge in [-0.25, -0.2) is 8.78 Å². The first-order valence-electron chi connectivity index (χ1n) is 10.6. The minimum absolute atomic E-state index is 0.325. The molecule has 3 aromatic carbocycles. The average Bonchev–Trinajstić information content (AvgIpc) is 2.83. The number of hydrogen-bond donors (Lipinski definition) is 2. The molecule has 0 amide bonds. The molecule has 1 aliphatic heterocycles. The van der Waals surface area contributed by atoms with Crippen molar-refractivity contribution < 1.29 is 23.4 Å². The number of para-hydroxylation sites is 2. The van der Waals surface area contributed by atoms with Crippen molar-refractivity contribution in [3.63, 3.8) is 0 Å². The van der Waals surface area contributed by atoms with Crippen molar-refractivity contribution in [3.05, 3.63) is 84.4 Å². The first-order valence-corrected chi connectivity index (χ1v) is 10.6. The highest BCUT2D eigenvalue weighted by molar-refractivity contribution is 5.48. The maximum atomic E-state index is 14.9. The molecular weight excluding hydrogens is 414 g/mol. The molecule has 4 rings (SSSR count). The van der Waals surface area contributed by atoms with E-state index in [-0.39, 0.29) is 0 Å². The molecule has 7 heteroatoms. The topological polar surface area (TPSA) is 54.0 Å². The van der Waals surface area contributed by atoms with Crippen molar-refractivity contribution in [2.75, 3.05) is 32.8 Å². The Labute approximate surface area is 186 Å². The van der Waals surface area contributed by atoms with Gasteiger partial charge in [0.05, 0.1) is 0 Å². The fourth-order valence-corrected chi connectivity index (χ4v) is 3.84. The van der Waals surface area contributed by atoms with Crippen molar-refractivity contribution in [2.45, 2.75) is 12.0 Å². The van der Waals surface area contributed by atoms with Crippen molar-refractivity contribution >= 4 is 0 Å². The smallest absolute Gasteiger partial charge is 0.289 e. The standard InChI is InChI=1S/C25H26F2N2O3/c26-25(27,18-30)24(29-15-13-28-14-16-29)19-11-12-22(31-20-7-3-1-4-8-20)23(17-19)32-21-9-5-2-6-10-21/h1-12,17,24,28,30H,13-16,18H2/t24-/m1/s1. The number of benzene rings is 3. The van der Waals surface area contributed by atoms with Gasteiger partial charge in [-0.2, -0.15) is 0 Å². The number of hydrogen-bond acceptors (Lipinski definition) is 5. The SMILES string of the molecule is OCC(F)(F)[C@@H](c1ccc(Oc2ccccc2)c(Oc2ccccc2)c1)N1CCNCC1. The highest BCUT2D eigenvalue weighted by Gasteiger charge is 2.44. The Morgan fingerprint density at radius 1 is 0.844 bits per heavy atom. The van der Waals surface area contributed by atoms with Gasteiger partial charge in [0.1, 0.15) is 24.1 Å². The maximum Gasteiger partial charge on any atom is 0.289 e. The second-order valence-electron chi connectivity index (χ2n) is 7.64. The minimum Gasteiger partial charge on any atom is -0.453 e. The quantitative estimate of drug-likeness (QED) is 0.525. The van der Waals surface area contributed by atoms with Crippen molar-refractivity contribution in [3.8, 4) is 23.0 Å². The molecule has 0 radical (unpaired) electrons. The van der Waals surface area contributed by atoms with Crippen LogP contribution in [0.1, 0.15) is 11.6 Å². The Kier molecular flexibility index (Phi) is 6.99. The van der Waals surface area contributed by atoms with Crippen LogP contribution in [0.15, 0.2) is 78.9 Å². The molecule has 1 aliphatic rings. The predicted molar refractivity (Wildman–Crippen MR) is 119 cm³/mol. The molecular formula is C25H26F2N2O3. The van der Waals surface area contributed by atoms with Crippen LogP contribution in [-0.4, -0.2) is 48.7 Å². The van der Waals surface area contributed by atoms with Gasteiger partial charge in [0, 0.05) is 26.2 Å². The maximum absolute atomic E-state index is 14.9. The van der Waals surface area contributed by atoms with E-state index in [1.165, 1.54) is 0 Å². The lowest BCUT2D eigenvalue weighted by Crippen LogP contribution is -2.51. The monoisotopic (exact) mass is 440 g/mol. The van der Waals surface area contributed by atoms with Crippen LogP contribution in [0, 0.1) is 0 Å². The van der Waals surface area contributed by atoms with E-state index in [0.29, 0.717) is 54.7 Å². The van der Waals surface area contributed by atoms with Crippen LogP contribution < -0.4 is 14.8 Å². The first kappa shape index (κ1) is 22.2. The second-order valence-corrected chi connectivity index (χ2v) is 7.64. The van der Waals surface area contributed by atoms with Gasteiger partial charge < -0.3 is 19.9 Å². The number of alkyl halides is 2. The highest BCUT2D eigenvalue weighted by atomic mass is 19.3. The van der Waals surface area contributed by atoms with Gasteiger partial charge in [-0.3, -0.25) is 4.90 Å². The zero-order valence-electron chi connectivity index (χ0n) is 17.6. The summed E-state index contributed by atoms with van der Waals surface area (Å²) in [5.74, 6) is -1.40. The molecule has 2 N–H and O–H groups in total.